The van der Waals surface area contributed by atoms with Crippen LogP contribution in [0.4, 0.5) is 0 Å². The lowest BCUT2D eigenvalue weighted by Gasteiger charge is -1.97. The van der Waals surface area contributed by atoms with E-state index in [-0.39, 0.29) is 0 Å². The average Bonchev–Trinajstić information content (AvgIpc) is 2.75. The van der Waals surface area contributed by atoms with Gasteiger partial charge in [-0.3, -0.25) is 0 Å². The summed E-state index contributed by atoms with van der Waals surface area (Å²) in [5, 5.41) is 12.2. The van der Waals surface area contributed by atoms with Gasteiger partial charge in [0.25, 0.3) is 0 Å². The Kier molecular flexibility index (Phi) is 2.96. The molecule has 2 heterocycles. The van der Waals surface area contributed by atoms with E-state index in [0.29, 0.717) is 0 Å². The van der Waals surface area contributed by atoms with Crippen LogP contribution in [-0.4, -0.2) is 14.6 Å². The van der Waals surface area contributed by atoms with E-state index in [1.807, 2.05) is 17.0 Å². The number of aromatic nitrogens is 3. The molecule has 0 fully saturated rings. The maximum Gasteiger partial charge on any atom is 0.106 e. The molecule has 4 nitrogen and oxygen atoms in total. The molecule has 0 spiro atoms. The summed E-state index contributed by atoms with van der Waals surface area (Å²) in [6, 6.07) is 0. The van der Waals surface area contributed by atoms with Gasteiger partial charge in [0.05, 0.1) is 5.69 Å². The Balaban J connectivity index is 1.76. The molecule has 0 unspecified atom stereocenters. The highest BCUT2D eigenvalue weighted by atomic mass is 32.1. The quantitative estimate of drug-likeness (QED) is 0.829. The second kappa shape index (κ2) is 4.40. The topological polar surface area (TPSA) is 50.7 Å². The third-order valence-electron chi connectivity index (χ3n) is 1.47. The van der Waals surface area contributed by atoms with Crippen molar-refractivity contribution in [1.82, 2.24) is 19.9 Å². The number of nitrogens with zero attached hydrogens (tertiary/aromatic N) is 3. The Hall–Kier alpha value is -0.850. The SMILES string of the molecule is c1csc(CNCc2csnn2)n1. The molecule has 2 rings (SSSR count). The second-order valence-corrected chi connectivity index (χ2v) is 4.01. The first-order valence-corrected chi connectivity index (χ1v) is 5.52. The molecular weight excluding hydrogens is 204 g/mol. The van der Waals surface area contributed by atoms with E-state index in [9.17, 15) is 0 Å². The predicted octanol–water partition coefficient (Wildman–Crippen LogP) is 1.28. The van der Waals surface area contributed by atoms with E-state index < -0.39 is 0 Å². The molecule has 2 aromatic heterocycles. The lowest BCUT2D eigenvalue weighted by atomic mass is 10.5. The van der Waals surface area contributed by atoms with Crippen molar-refractivity contribution in [3.05, 3.63) is 27.7 Å². The smallest absolute Gasteiger partial charge is 0.106 e. The van der Waals surface area contributed by atoms with Crippen LogP contribution in [0.15, 0.2) is 17.0 Å². The summed E-state index contributed by atoms with van der Waals surface area (Å²) in [4.78, 5) is 4.16. The van der Waals surface area contributed by atoms with Gasteiger partial charge in [-0.05, 0) is 11.5 Å². The molecule has 0 saturated heterocycles. The van der Waals surface area contributed by atoms with Gasteiger partial charge < -0.3 is 5.32 Å². The van der Waals surface area contributed by atoms with E-state index in [1.54, 1.807) is 11.3 Å². The molecular formula is C7H8N4S2. The Labute approximate surface area is 83.8 Å². The van der Waals surface area contributed by atoms with Crippen molar-refractivity contribution in [2.75, 3.05) is 0 Å². The van der Waals surface area contributed by atoms with Gasteiger partial charge in [0, 0.05) is 30.0 Å². The van der Waals surface area contributed by atoms with Gasteiger partial charge in [0.15, 0.2) is 0 Å². The zero-order valence-corrected chi connectivity index (χ0v) is 8.44. The molecule has 0 aliphatic carbocycles. The molecule has 0 amide bonds. The first kappa shape index (κ1) is 8.74. The summed E-state index contributed by atoms with van der Waals surface area (Å²) in [6.07, 6.45) is 1.81. The minimum absolute atomic E-state index is 0.760. The molecule has 0 saturated carbocycles. The van der Waals surface area contributed by atoms with Crippen molar-refractivity contribution in [2.45, 2.75) is 13.1 Å². The molecule has 0 atom stereocenters. The highest BCUT2D eigenvalue weighted by Gasteiger charge is 1.97. The van der Waals surface area contributed by atoms with Crippen LogP contribution in [0.5, 0.6) is 0 Å². The lowest BCUT2D eigenvalue weighted by Crippen LogP contribution is -2.12. The first-order chi connectivity index (χ1) is 6.45. The van der Waals surface area contributed by atoms with Crippen LogP contribution in [-0.2, 0) is 13.1 Å². The van der Waals surface area contributed by atoms with Gasteiger partial charge in [-0.15, -0.1) is 16.4 Å². The van der Waals surface area contributed by atoms with E-state index in [4.69, 9.17) is 0 Å². The molecule has 1 N–H and O–H groups in total. The number of thiazole rings is 1. The number of nitrogens with one attached hydrogen (secondary N) is 1. The van der Waals surface area contributed by atoms with Crippen LogP contribution in [0.3, 0.4) is 0 Å². The van der Waals surface area contributed by atoms with Gasteiger partial charge in [0.2, 0.25) is 0 Å². The van der Waals surface area contributed by atoms with Crippen LogP contribution < -0.4 is 5.32 Å². The number of hydrogen-bond donors (Lipinski definition) is 1. The highest BCUT2D eigenvalue weighted by Crippen LogP contribution is 2.03. The van der Waals surface area contributed by atoms with Crippen molar-refractivity contribution >= 4 is 22.9 Å². The van der Waals surface area contributed by atoms with Crippen molar-refractivity contribution in [3.63, 3.8) is 0 Å². The fourth-order valence-electron chi connectivity index (χ4n) is 0.899. The van der Waals surface area contributed by atoms with Crippen LogP contribution in [0, 0.1) is 0 Å². The second-order valence-electron chi connectivity index (χ2n) is 2.43. The molecule has 2 aromatic rings. The molecule has 0 aliphatic heterocycles. The van der Waals surface area contributed by atoms with E-state index in [2.05, 4.69) is 19.9 Å². The third kappa shape index (κ3) is 2.55. The van der Waals surface area contributed by atoms with Crippen molar-refractivity contribution in [3.8, 4) is 0 Å². The van der Waals surface area contributed by atoms with Gasteiger partial charge >= 0.3 is 0 Å². The van der Waals surface area contributed by atoms with Crippen LogP contribution in [0.2, 0.25) is 0 Å². The summed E-state index contributed by atoms with van der Waals surface area (Å²) in [7, 11) is 0. The third-order valence-corrected chi connectivity index (χ3v) is 2.80. The van der Waals surface area contributed by atoms with Crippen molar-refractivity contribution < 1.29 is 0 Å². The minimum atomic E-state index is 0.760. The molecule has 0 bridgehead atoms. The van der Waals surface area contributed by atoms with Crippen LogP contribution in [0.1, 0.15) is 10.7 Å². The first-order valence-electron chi connectivity index (χ1n) is 3.80. The summed E-state index contributed by atoms with van der Waals surface area (Å²) in [5.41, 5.74) is 0.988. The summed E-state index contributed by atoms with van der Waals surface area (Å²) in [6.45, 7) is 1.56. The zero-order valence-electron chi connectivity index (χ0n) is 6.80. The van der Waals surface area contributed by atoms with Crippen molar-refractivity contribution in [2.24, 2.45) is 0 Å². The number of rotatable bonds is 4. The molecule has 13 heavy (non-hydrogen) atoms. The standard InChI is InChI=1S/C7H8N4S2/c1-2-12-7(9-1)4-8-3-6-5-13-11-10-6/h1-2,5,8H,3-4H2. The average molecular weight is 212 g/mol. The fourth-order valence-corrected chi connectivity index (χ4v) is 1.94. The van der Waals surface area contributed by atoms with Crippen LogP contribution >= 0.6 is 22.9 Å². The normalized spacial score (nSPS) is 10.5. The molecule has 0 radical (unpaired) electrons. The maximum absolute atomic E-state index is 4.16. The van der Waals surface area contributed by atoms with E-state index in [1.165, 1.54) is 11.5 Å². The summed E-state index contributed by atoms with van der Waals surface area (Å²) >= 11 is 3.03. The minimum Gasteiger partial charge on any atom is -0.305 e. The largest absolute Gasteiger partial charge is 0.305 e. The van der Waals surface area contributed by atoms with Gasteiger partial charge in [-0.25, -0.2) is 4.98 Å². The highest BCUT2D eigenvalue weighted by molar-refractivity contribution is 7.09. The Morgan fingerprint density at radius 3 is 3.08 bits per heavy atom. The van der Waals surface area contributed by atoms with E-state index in [0.717, 1.165) is 23.8 Å². The fraction of sp³-hybridized carbons (Fsp3) is 0.286. The van der Waals surface area contributed by atoms with Crippen LogP contribution in [0.25, 0.3) is 0 Å². The summed E-state index contributed by atoms with van der Waals surface area (Å²) in [5.74, 6) is 0. The Bertz CT molecular complexity index is 295. The molecule has 0 aliphatic rings. The number of hydrogen-bond acceptors (Lipinski definition) is 6. The zero-order chi connectivity index (χ0) is 8.93. The monoisotopic (exact) mass is 212 g/mol. The lowest BCUT2D eigenvalue weighted by molar-refractivity contribution is 0.674. The molecule has 0 aromatic carbocycles. The van der Waals surface area contributed by atoms with Gasteiger partial charge in [-0.1, -0.05) is 4.49 Å². The molecule has 68 valence electrons. The summed E-state index contributed by atoms with van der Waals surface area (Å²) < 4.78 is 3.78. The van der Waals surface area contributed by atoms with Crippen molar-refractivity contribution in [1.29, 1.82) is 0 Å². The predicted molar refractivity (Wildman–Crippen MR) is 52.6 cm³/mol. The Morgan fingerprint density at radius 1 is 1.38 bits per heavy atom. The molecule has 6 heteroatoms. The van der Waals surface area contributed by atoms with E-state index >= 15 is 0 Å². The maximum atomic E-state index is 4.16. The van der Waals surface area contributed by atoms with Gasteiger partial charge in [0.1, 0.15) is 5.01 Å². The van der Waals surface area contributed by atoms with Gasteiger partial charge in [-0.2, -0.15) is 0 Å². The Morgan fingerprint density at radius 2 is 2.38 bits per heavy atom.